The monoisotopic (exact) mass is 600 g/mol. The molecule has 1 saturated heterocycles. The maximum atomic E-state index is 12.8. The molecule has 11 heteroatoms. The summed E-state index contributed by atoms with van der Waals surface area (Å²) in [5, 5.41) is 2.47. The Labute approximate surface area is 229 Å². The highest BCUT2D eigenvalue weighted by Crippen LogP contribution is 2.32. The molecule has 0 radical (unpaired) electrons. The normalized spacial score (nSPS) is 14.1. The van der Waals surface area contributed by atoms with Crippen molar-refractivity contribution in [3.8, 4) is 11.5 Å². The summed E-state index contributed by atoms with van der Waals surface area (Å²) in [6, 6.07) is 17.8. The van der Waals surface area contributed by atoms with Gasteiger partial charge in [-0.25, -0.2) is 4.79 Å². The topological polar surface area (TPSA) is 102 Å². The number of anilines is 1. The van der Waals surface area contributed by atoms with Crippen LogP contribution in [0.1, 0.15) is 15.9 Å². The summed E-state index contributed by atoms with van der Waals surface area (Å²) >= 11 is 10.0. The summed E-state index contributed by atoms with van der Waals surface area (Å²) in [6.07, 6.45) is 1.53. The number of rotatable bonds is 7. The van der Waals surface area contributed by atoms with Crippen molar-refractivity contribution < 1.29 is 28.7 Å². The fraction of sp³-hybridized carbons (Fsp3) is 0.0769. The lowest BCUT2D eigenvalue weighted by Gasteiger charge is -2.12. The van der Waals surface area contributed by atoms with Crippen LogP contribution in [0.5, 0.6) is 11.5 Å². The van der Waals surface area contributed by atoms with Crippen molar-refractivity contribution in [2.75, 3.05) is 19.0 Å². The zero-order valence-corrected chi connectivity index (χ0v) is 22.4. The van der Waals surface area contributed by atoms with E-state index in [1.165, 1.54) is 13.2 Å². The van der Waals surface area contributed by atoms with Gasteiger partial charge in [-0.2, -0.15) is 0 Å². The number of nitrogens with one attached hydrogen (secondary N) is 1. The van der Waals surface area contributed by atoms with Gasteiger partial charge >= 0.3 is 5.97 Å². The molecule has 8 nitrogen and oxygen atoms in total. The molecule has 0 aliphatic carbocycles. The van der Waals surface area contributed by atoms with Crippen molar-refractivity contribution in [2.24, 2.45) is 0 Å². The first-order chi connectivity index (χ1) is 17.7. The van der Waals surface area contributed by atoms with Crippen molar-refractivity contribution in [1.82, 2.24) is 4.90 Å². The number of thioether (sulfide) groups is 1. The van der Waals surface area contributed by atoms with Gasteiger partial charge in [0.1, 0.15) is 18.0 Å². The largest absolute Gasteiger partial charge is 0.497 e. The Hall–Kier alpha value is -3.60. The number of amides is 3. The first kappa shape index (κ1) is 26.5. The second-order valence-electron chi connectivity index (χ2n) is 7.63. The van der Waals surface area contributed by atoms with Gasteiger partial charge in [-0.15, -0.1) is 0 Å². The third-order valence-electron chi connectivity index (χ3n) is 5.09. The molecule has 1 heterocycles. The zero-order valence-electron chi connectivity index (χ0n) is 19.2. The van der Waals surface area contributed by atoms with E-state index in [2.05, 4.69) is 21.2 Å². The van der Waals surface area contributed by atoms with Crippen molar-refractivity contribution in [2.45, 2.75) is 0 Å². The van der Waals surface area contributed by atoms with Crippen molar-refractivity contribution >= 4 is 74.1 Å². The van der Waals surface area contributed by atoms with Gasteiger partial charge < -0.3 is 14.8 Å². The summed E-state index contributed by atoms with van der Waals surface area (Å²) in [6.45, 7) is -0.435. The smallest absolute Gasteiger partial charge is 0.343 e. The van der Waals surface area contributed by atoms with Gasteiger partial charge in [0.05, 0.1) is 22.6 Å². The summed E-state index contributed by atoms with van der Waals surface area (Å²) < 4.78 is 11.1. The predicted molar refractivity (Wildman–Crippen MR) is 145 cm³/mol. The molecular weight excluding hydrogens is 584 g/mol. The Balaban J connectivity index is 1.37. The van der Waals surface area contributed by atoms with Crippen LogP contribution in [0, 0.1) is 0 Å². The molecule has 3 amide bonds. The van der Waals surface area contributed by atoms with Gasteiger partial charge in [-0.05, 0) is 93.9 Å². The van der Waals surface area contributed by atoms with Crippen molar-refractivity contribution in [3.63, 3.8) is 0 Å². The number of halogens is 2. The second-order valence-corrected chi connectivity index (χ2v) is 9.89. The molecule has 0 aromatic heterocycles. The number of hydrogen-bond donors (Lipinski definition) is 1. The molecule has 0 spiro atoms. The summed E-state index contributed by atoms with van der Waals surface area (Å²) in [7, 11) is 1.54. The van der Waals surface area contributed by atoms with Crippen LogP contribution in [-0.2, 0) is 9.59 Å². The van der Waals surface area contributed by atoms with Gasteiger partial charge in [0.2, 0.25) is 5.91 Å². The molecule has 0 bridgehead atoms. The lowest BCUT2D eigenvalue weighted by atomic mass is 10.2. The van der Waals surface area contributed by atoms with Gasteiger partial charge in [0.25, 0.3) is 11.1 Å². The molecule has 0 atom stereocenters. The van der Waals surface area contributed by atoms with Crippen LogP contribution in [0.3, 0.4) is 0 Å². The number of hydrogen-bond acceptors (Lipinski definition) is 7. The Morgan fingerprint density at radius 1 is 1.03 bits per heavy atom. The van der Waals surface area contributed by atoms with E-state index in [1.54, 1.807) is 66.7 Å². The number of nitrogens with zero attached hydrogens (tertiary/aromatic N) is 1. The first-order valence-corrected chi connectivity index (χ1v) is 12.7. The SMILES string of the molecule is COc1ccc(C(=O)Oc2ccc(/C=C3/SC(=O)N(CC(=O)Nc4ccc(Br)c(Cl)c4)C3=O)cc2)cc1. The second kappa shape index (κ2) is 11.6. The Morgan fingerprint density at radius 2 is 1.70 bits per heavy atom. The van der Waals surface area contributed by atoms with Gasteiger partial charge in [-0.3, -0.25) is 19.3 Å². The highest BCUT2D eigenvalue weighted by Gasteiger charge is 2.36. The summed E-state index contributed by atoms with van der Waals surface area (Å²) in [4.78, 5) is 50.9. The number of benzene rings is 3. The molecule has 0 unspecified atom stereocenters. The lowest BCUT2D eigenvalue weighted by Crippen LogP contribution is -2.36. The molecule has 37 heavy (non-hydrogen) atoms. The maximum Gasteiger partial charge on any atom is 0.343 e. The Kier molecular flexibility index (Phi) is 8.32. The average molecular weight is 602 g/mol. The number of methoxy groups -OCH3 is 1. The quantitative estimate of drug-likeness (QED) is 0.201. The molecule has 3 aromatic rings. The highest BCUT2D eigenvalue weighted by molar-refractivity contribution is 9.10. The van der Waals surface area contributed by atoms with E-state index in [-0.39, 0.29) is 4.91 Å². The van der Waals surface area contributed by atoms with Crippen LogP contribution in [-0.4, -0.2) is 41.6 Å². The van der Waals surface area contributed by atoms with Crippen LogP contribution in [0.25, 0.3) is 6.08 Å². The Bertz CT molecular complexity index is 1410. The number of imide groups is 1. The number of carbonyl (C=O) groups is 4. The highest BCUT2D eigenvalue weighted by atomic mass is 79.9. The van der Waals surface area contributed by atoms with Crippen molar-refractivity contribution in [3.05, 3.63) is 92.3 Å². The van der Waals surface area contributed by atoms with E-state index in [9.17, 15) is 19.2 Å². The summed E-state index contributed by atoms with van der Waals surface area (Å²) in [5.74, 6) is -0.699. The minimum atomic E-state index is -0.575. The van der Waals surface area contributed by atoms with Crippen LogP contribution in [0.2, 0.25) is 5.02 Å². The lowest BCUT2D eigenvalue weighted by molar-refractivity contribution is -0.127. The van der Waals surface area contributed by atoms with E-state index in [0.29, 0.717) is 37.8 Å². The number of esters is 1. The molecule has 1 aliphatic heterocycles. The van der Waals surface area contributed by atoms with Gasteiger partial charge in [0, 0.05) is 10.2 Å². The number of carbonyl (C=O) groups excluding carboxylic acids is 4. The van der Waals surface area contributed by atoms with E-state index in [0.717, 1.165) is 16.7 Å². The summed E-state index contributed by atoms with van der Waals surface area (Å²) in [5.41, 5.74) is 1.42. The van der Waals surface area contributed by atoms with Crippen molar-refractivity contribution in [1.29, 1.82) is 0 Å². The minimum absolute atomic E-state index is 0.174. The van der Waals surface area contributed by atoms with E-state index < -0.39 is 29.6 Å². The average Bonchev–Trinajstić information content (AvgIpc) is 3.14. The number of ether oxygens (including phenoxy) is 2. The third kappa shape index (κ3) is 6.59. The minimum Gasteiger partial charge on any atom is -0.497 e. The van der Waals surface area contributed by atoms with E-state index in [1.807, 2.05) is 0 Å². The molecule has 1 fully saturated rings. The molecular formula is C26H18BrClN2O6S. The maximum absolute atomic E-state index is 12.8. The van der Waals surface area contributed by atoms with Gasteiger partial charge in [-0.1, -0.05) is 23.7 Å². The third-order valence-corrected chi connectivity index (χ3v) is 7.23. The molecule has 1 aliphatic rings. The predicted octanol–water partition coefficient (Wildman–Crippen LogP) is 6.01. The van der Waals surface area contributed by atoms with E-state index in [4.69, 9.17) is 21.1 Å². The first-order valence-electron chi connectivity index (χ1n) is 10.7. The fourth-order valence-electron chi connectivity index (χ4n) is 3.23. The molecule has 3 aromatic carbocycles. The molecule has 188 valence electrons. The zero-order chi connectivity index (χ0) is 26.5. The van der Waals surface area contributed by atoms with E-state index >= 15 is 0 Å². The molecule has 1 N–H and O–H groups in total. The van der Waals surface area contributed by atoms with Gasteiger partial charge in [0.15, 0.2) is 0 Å². The fourth-order valence-corrected chi connectivity index (χ4v) is 4.50. The van der Waals surface area contributed by atoms with Crippen LogP contribution >= 0.6 is 39.3 Å². The van der Waals surface area contributed by atoms with Crippen LogP contribution in [0.15, 0.2) is 76.1 Å². The molecule has 4 rings (SSSR count). The van der Waals surface area contributed by atoms with Crippen LogP contribution in [0.4, 0.5) is 10.5 Å². The Morgan fingerprint density at radius 3 is 2.35 bits per heavy atom. The molecule has 0 saturated carbocycles. The standard InChI is InChI=1S/C26H18BrClN2O6S/c1-35-18-9-4-16(5-10-18)25(33)36-19-7-2-15(3-8-19)12-22-24(32)30(26(34)37-22)14-23(31)29-17-6-11-20(27)21(28)13-17/h2-13H,14H2,1H3,(H,29,31)/b22-12+. The van der Waals surface area contributed by atoms with Crippen LogP contribution < -0.4 is 14.8 Å².